The van der Waals surface area contributed by atoms with E-state index in [-0.39, 0.29) is 0 Å². The van der Waals surface area contributed by atoms with Crippen LogP contribution in [0.2, 0.25) is 0 Å². The molecule has 1 saturated heterocycles. The van der Waals surface area contributed by atoms with Gasteiger partial charge >= 0.3 is 0 Å². The van der Waals surface area contributed by atoms with Gasteiger partial charge in [0.15, 0.2) is 5.96 Å². The van der Waals surface area contributed by atoms with Crippen molar-refractivity contribution in [2.45, 2.75) is 50.7 Å². The molecule has 0 unspecified atom stereocenters. The number of rotatable bonds is 7. The average molecular weight is 373 g/mol. The van der Waals surface area contributed by atoms with Crippen LogP contribution in [0.15, 0.2) is 45.3 Å². The van der Waals surface area contributed by atoms with E-state index in [9.17, 15) is 0 Å². The highest BCUT2D eigenvalue weighted by Crippen LogP contribution is 2.29. The Morgan fingerprint density at radius 1 is 1.19 bits per heavy atom. The number of nitrogens with zero attached hydrogens (tertiary/aromatic N) is 2. The molecule has 3 heterocycles. The molecular formula is C20H28N4OS. The lowest BCUT2D eigenvalue weighted by atomic mass is 10.1. The number of likely N-dealkylation sites (tertiary alicyclic amines) is 1. The molecule has 1 aliphatic carbocycles. The smallest absolute Gasteiger partial charge is 0.191 e. The third-order valence-corrected chi connectivity index (χ3v) is 6.01. The number of aliphatic imine (C=N–C) groups is 1. The highest BCUT2D eigenvalue weighted by molar-refractivity contribution is 7.09. The van der Waals surface area contributed by atoms with E-state index in [1.807, 2.05) is 12.1 Å². The Kier molecular flexibility index (Phi) is 5.92. The summed E-state index contributed by atoms with van der Waals surface area (Å²) in [6.07, 6.45) is 7.81. The quantitative estimate of drug-likeness (QED) is 0.579. The van der Waals surface area contributed by atoms with Crippen molar-refractivity contribution in [2.24, 2.45) is 4.99 Å². The van der Waals surface area contributed by atoms with Crippen LogP contribution in [0.5, 0.6) is 0 Å². The van der Waals surface area contributed by atoms with Crippen LogP contribution < -0.4 is 10.6 Å². The number of hydrogen-bond acceptors (Lipinski definition) is 4. The molecule has 2 aromatic rings. The molecule has 0 spiro atoms. The van der Waals surface area contributed by atoms with Crippen molar-refractivity contribution >= 4 is 17.3 Å². The van der Waals surface area contributed by atoms with Crippen molar-refractivity contribution in [1.29, 1.82) is 0 Å². The van der Waals surface area contributed by atoms with Crippen molar-refractivity contribution in [3.8, 4) is 0 Å². The Bertz CT molecular complexity index is 671. The SMILES string of the molecule is c1coc(CCNC(=NCc2cccs2)NC2CCN(C3CC3)CC2)c1. The Hall–Kier alpha value is -1.79. The van der Waals surface area contributed by atoms with Gasteiger partial charge < -0.3 is 20.0 Å². The van der Waals surface area contributed by atoms with E-state index < -0.39 is 0 Å². The number of thiophene rings is 1. The van der Waals surface area contributed by atoms with Crippen molar-refractivity contribution in [1.82, 2.24) is 15.5 Å². The van der Waals surface area contributed by atoms with E-state index in [2.05, 4.69) is 33.0 Å². The summed E-state index contributed by atoms with van der Waals surface area (Å²) in [7, 11) is 0. The summed E-state index contributed by atoms with van der Waals surface area (Å²) in [4.78, 5) is 8.76. The number of guanidine groups is 1. The van der Waals surface area contributed by atoms with E-state index >= 15 is 0 Å². The fourth-order valence-corrected chi connectivity index (χ4v) is 4.14. The zero-order chi connectivity index (χ0) is 17.6. The van der Waals surface area contributed by atoms with Gasteiger partial charge in [-0.2, -0.15) is 0 Å². The van der Waals surface area contributed by atoms with Gasteiger partial charge in [0, 0.05) is 43.0 Å². The molecule has 0 radical (unpaired) electrons. The zero-order valence-electron chi connectivity index (χ0n) is 15.2. The maximum Gasteiger partial charge on any atom is 0.191 e. The van der Waals surface area contributed by atoms with Gasteiger partial charge in [-0.25, -0.2) is 4.99 Å². The summed E-state index contributed by atoms with van der Waals surface area (Å²) in [5.41, 5.74) is 0. The molecule has 6 heteroatoms. The number of hydrogen-bond donors (Lipinski definition) is 2. The molecule has 0 aromatic carbocycles. The average Bonchev–Trinajstić information content (AvgIpc) is 3.15. The monoisotopic (exact) mass is 372 g/mol. The molecule has 2 aromatic heterocycles. The minimum absolute atomic E-state index is 0.517. The second kappa shape index (κ2) is 8.73. The van der Waals surface area contributed by atoms with E-state index in [0.717, 1.165) is 37.3 Å². The highest BCUT2D eigenvalue weighted by Gasteiger charge is 2.31. The van der Waals surface area contributed by atoms with Gasteiger partial charge in [0.25, 0.3) is 0 Å². The molecule has 2 aliphatic rings. The molecular weight excluding hydrogens is 344 g/mol. The first-order valence-corrected chi connectivity index (χ1v) is 10.6. The summed E-state index contributed by atoms with van der Waals surface area (Å²) in [5, 5.41) is 9.26. The fourth-order valence-electron chi connectivity index (χ4n) is 3.51. The first-order chi connectivity index (χ1) is 12.9. The lowest BCUT2D eigenvalue weighted by Crippen LogP contribution is -2.49. The van der Waals surface area contributed by atoms with Gasteiger partial charge in [0.1, 0.15) is 5.76 Å². The van der Waals surface area contributed by atoms with E-state index in [1.54, 1.807) is 17.6 Å². The van der Waals surface area contributed by atoms with Crippen LogP contribution in [-0.2, 0) is 13.0 Å². The van der Waals surface area contributed by atoms with Crippen LogP contribution in [0.3, 0.4) is 0 Å². The van der Waals surface area contributed by atoms with Gasteiger partial charge in [-0.1, -0.05) is 6.07 Å². The van der Waals surface area contributed by atoms with Crippen molar-refractivity contribution < 1.29 is 4.42 Å². The molecule has 0 amide bonds. The summed E-state index contributed by atoms with van der Waals surface area (Å²) < 4.78 is 5.42. The van der Waals surface area contributed by atoms with E-state index in [4.69, 9.17) is 9.41 Å². The first-order valence-electron chi connectivity index (χ1n) is 9.70. The Morgan fingerprint density at radius 3 is 2.77 bits per heavy atom. The van der Waals surface area contributed by atoms with Gasteiger partial charge in [0.2, 0.25) is 0 Å². The van der Waals surface area contributed by atoms with Crippen LogP contribution in [0.1, 0.15) is 36.3 Å². The maximum atomic E-state index is 5.42. The van der Waals surface area contributed by atoms with Crippen LogP contribution in [0.4, 0.5) is 0 Å². The van der Waals surface area contributed by atoms with Gasteiger partial charge in [-0.15, -0.1) is 11.3 Å². The van der Waals surface area contributed by atoms with Crippen LogP contribution in [0.25, 0.3) is 0 Å². The molecule has 0 bridgehead atoms. The third kappa shape index (κ3) is 5.11. The lowest BCUT2D eigenvalue weighted by Gasteiger charge is -2.33. The second-order valence-corrected chi connectivity index (χ2v) is 8.22. The number of furan rings is 1. The Morgan fingerprint density at radius 2 is 2.08 bits per heavy atom. The molecule has 5 nitrogen and oxygen atoms in total. The maximum absolute atomic E-state index is 5.42. The second-order valence-electron chi connectivity index (χ2n) is 7.19. The standard InChI is InChI=1S/C20H28N4OS/c1-3-18(25-13-1)7-10-21-20(22-15-19-4-2-14-26-19)23-16-8-11-24(12-9-16)17-5-6-17/h1-4,13-14,16-17H,5-12,15H2,(H2,21,22,23). The minimum atomic E-state index is 0.517. The first kappa shape index (κ1) is 17.6. The molecule has 2 N–H and O–H groups in total. The molecule has 0 atom stereocenters. The van der Waals surface area contributed by atoms with Crippen molar-refractivity contribution in [2.75, 3.05) is 19.6 Å². The third-order valence-electron chi connectivity index (χ3n) is 5.15. The molecule has 2 fully saturated rings. The predicted octanol–water partition coefficient (Wildman–Crippen LogP) is 3.25. The summed E-state index contributed by atoms with van der Waals surface area (Å²) >= 11 is 1.76. The molecule has 26 heavy (non-hydrogen) atoms. The van der Waals surface area contributed by atoms with Gasteiger partial charge in [-0.3, -0.25) is 0 Å². The predicted molar refractivity (Wildman–Crippen MR) is 107 cm³/mol. The Balaban J connectivity index is 1.29. The summed E-state index contributed by atoms with van der Waals surface area (Å²) in [6, 6.07) is 9.58. The van der Waals surface area contributed by atoms with Crippen molar-refractivity contribution in [3.63, 3.8) is 0 Å². The molecule has 4 rings (SSSR count). The van der Waals surface area contributed by atoms with E-state index in [0.29, 0.717) is 6.04 Å². The van der Waals surface area contributed by atoms with Crippen LogP contribution in [0, 0.1) is 0 Å². The summed E-state index contributed by atoms with van der Waals surface area (Å²) in [5.74, 6) is 1.93. The zero-order valence-corrected chi connectivity index (χ0v) is 16.0. The lowest BCUT2D eigenvalue weighted by molar-refractivity contribution is 0.197. The molecule has 1 aliphatic heterocycles. The number of nitrogens with one attached hydrogen (secondary N) is 2. The minimum Gasteiger partial charge on any atom is -0.469 e. The highest BCUT2D eigenvalue weighted by atomic mass is 32.1. The van der Waals surface area contributed by atoms with Crippen LogP contribution >= 0.6 is 11.3 Å². The van der Waals surface area contributed by atoms with E-state index in [1.165, 1.54) is 43.6 Å². The topological polar surface area (TPSA) is 52.8 Å². The normalized spacial score (nSPS) is 19.6. The van der Waals surface area contributed by atoms with Crippen LogP contribution in [-0.4, -0.2) is 42.6 Å². The molecule has 1 saturated carbocycles. The van der Waals surface area contributed by atoms with Gasteiger partial charge in [-0.05, 0) is 49.3 Å². The summed E-state index contributed by atoms with van der Waals surface area (Å²) in [6.45, 7) is 3.99. The fraction of sp³-hybridized carbons (Fsp3) is 0.550. The molecule has 140 valence electrons. The van der Waals surface area contributed by atoms with Gasteiger partial charge in [0.05, 0.1) is 12.8 Å². The van der Waals surface area contributed by atoms with Crippen molar-refractivity contribution in [3.05, 3.63) is 46.5 Å². The largest absolute Gasteiger partial charge is 0.469 e. The Labute approximate surface area is 159 Å². The number of piperidine rings is 1.